The Balaban J connectivity index is 2.52. The Morgan fingerprint density at radius 3 is 2.45 bits per heavy atom. The van der Waals surface area contributed by atoms with E-state index in [1.807, 2.05) is 0 Å². The maximum Gasteiger partial charge on any atom is 0.0833 e. The van der Waals surface area contributed by atoms with Crippen molar-refractivity contribution in [2.24, 2.45) is 17.8 Å². The van der Waals surface area contributed by atoms with E-state index in [0.29, 0.717) is 17.8 Å². The van der Waals surface area contributed by atoms with Crippen molar-refractivity contribution >= 4 is 0 Å². The first kappa shape index (κ1) is 9.01. The van der Waals surface area contributed by atoms with Gasteiger partial charge in [-0.2, -0.15) is 0 Å². The van der Waals surface area contributed by atoms with Crippen molar-refractivity contribution in [3.8, 4) is 0 Å². The molecule has 1 heterocycles. The molecule has 0 saturated carbocycles. The predicted octanol–water partition coefficient (Wildman–Crippen LogP) is 1.29. The highest BCUT2D eigenvalue weighted by atomic mass is 16.5. The topological polar surface area (TPSA) is 29.5 Å². The van der Waals surface area contributed by atoms with Gasteiger partial charge in [-0.05, 0) is 17.8 Å². The molecule has 0 radical (unpaired) electrons. The highest BCUT2D eigenvalue weighted by molar-refractivity contribution is 4.79. The lowest BCUT2D eigenvalue weighted by atomic mass is 9.80. The zero-order valence-corrected chi connectivity index (χ0v) is 7.58. The van der Waals surface area contributed by atoms with Gasteiger partial charge in [0.05, 0.1) is 12.7 Å². The lowest BCUT2D eigenvalue weighted by molar-refractivity contribution is -0.0965. The lowest BCUT2D eigenvalue weighted by Crippen LogP contribution is -2.40. The fourth-order valence-electron chi connectivity index (χ4n) is 1.65. The normalized spacial score (nSPS) is 45.8. The summed E-state index contributed by atoms with van der Waals surface area (Å²) in [5, 5.41) is 8.94. The van der Waals surface area contributed by atoms with Gasteiger partial charge < -0.3 is 9.84 Å². The molecule has 1 fully saturated rings. The fraction of sp³-hybridized carbons (Fsp3) is 1.00. The summed E-state index contributed by atoms with van der Waals surface area (Å²) in [5.41, 5.74) is 0. The van der Waals surface area contributed by atoms with Crippen molar-refractivity contribution in [1.82, 2.24) is 0 Å². The van der Waals surface area contributed by atoms with Crippen molar-refractivity contribution in [2.45, 2.75) is 26.9 Å². The van der Waals surface area contributed by atoms with Crippen LogP contribution in [0.3, 0.4) is 0 Å². The summed E-state index contributed by atoms with van der Waals surface area (Å²) in [6, 6.07) is 0. The van der Waals surface area contributed by atoms with Crippen LogP contribution in [0.1, 0.15) is 20.8 Å². The molecule has 1 aliphatic rings. The van der Waals surface area contributed by atoms with E-state index in [-0.39, 0.29) is 12.7 Å². The molecule has 2 heteroatoms. The highest BCUT2D eigenvalue weighted by Crippen LogP contribution is 2.30. The van der Waals surface area contributed by atoms with E-state index in [1.165, 1.54) is 0 Å². The molecule has 1 aliphatic heterocycles. The van der Waals surface area contributed by atoms with Gasteiger partial charge in [0.1, 0.15) is 0 Å². The molecular weight excluding hydrogens is 140 g/mol. The molecule has 1 N–H and O–H groups in total. The van der Waals surface area contributed by atoms with Gasteiger partial charge in [0.2, 0.25) is 0 Å². The summed E-state index contributed by atoms with van der Waals surface area (Å²) < 4.78 is 5.47. The summed E-state index contributed by atoms with van der Waals surface area (Å²) in [7, 11) is 0. The van der Waals surface area contributed by atoms with Crippen molar-refractivity contribution in [2.75, 3.05) is 13.2 Å². The maximum atomic E-state index is 8.94. The van der Waals surface area contributed by atoms with E-state index in [1.54, 1.807) is 0 Å². The van der Waals surface area contributed by atoms with Crippen molar-refractivity contribution < 1.29 is 9.84 Å². The molecule has 4 atom stereocenters. The van der Waals surface area contributed by atoms with Crippen LogP contribution in [0.2, 0.25) is 0 Å². The summed E-state index contributed by atoms with van der Waals surface area (Å²) in [6.45, 7) is 7.56. The minimum absolute atomic E-state index is 0.0706. The Morgan fingerprint density at radius 2 is 1.91 bits per heavy atom. The molecule has 4 unspecified atom stereocenters. The second-order valence-corrected chi connectivity index (χ2v) is 3.75. The minimum Gasteiger partial charge on any atom is -0.394 e. The van der Waals surface area contributed by atoms with Crippen LogP contribution in [0.15, 0.2) is 0 Å². The SMILES string of the molecule is CC1COC(CO)C(C)C1C. The van der Waals surface area contributed by atoms with Crippen LogP contribution in [0, 0.1) is 17.8 Å². The van der Waals surface area contributed by atoms with Gasteiger partial charge in [0, 0.05) is 6.61 Å². The second-order valence-electron chi connectivity index (χ2n) is 3.75. The average Bonchev–Trinajstić information content (AvgIpc) is 2.01. The average molecular weight is 158 g/mol. The number of ether oxygens (including phenoxy) is 1. The Bertz CT molecular complexity index is 123. The maximum absolute atomic E-state index is 8.94. The van der Waals surface area contributed by atoms with E-state index >= 15 is 0 Å². The molecular formula is C9H18O2. The lowest BCUT2D eigenvalue weighted by Gasteiger charge is -2.37. The van der Waals surface area contributed by atoms with Gasteiger partial charge in [0.15, 0.2) is 0 Å². The first-order chi connectivity index (χ1) is 5.16. The number of rotatable bonds is 1. The molecule has 66 valence electrons. The third-order valence-corrected chi connectivity index (χ3v) is 3.07. The third kappa shape index (κ3) is 1.74. The van der Waals surface area contributed by atoms with Gasteiger partial charge in [-0.15, -0.1) is 0 Å². The minimum atomic E-state index is 0.0706. The Labute approximate surface area is 68.6 Å². The van der Waals surface area contributed by atoms with E-state index < -0.39 is 0 Å². The van der Waals surface area contributed by atoms with Crippen LogP contribution < -0.4 is 0 Å². The van der Waals surface area contributed by atoms with Crippen LogP contribution in [0.5, 0.6) is 0 Å². The molecule has 0 aromatic rings. The smallest absolute Gasteiger partial charge is 0.0833 e. The largest absolute Gasteiger partial charge is 0.394 e. The third-order valence-electron chi connectivity index (χ3n) is 3.07. The highest BCUT2D eigenvalue weighted by Gasteiger charge is 2.31. The monoisotopic (exact) mass is 158 g/mol. The van der Waals surface area contributed by atoms with Gasteiger partial charge in [-0.25, -0.2) is 0 Å². The van der Waals surface area contributed by atoms with Crippen LogP contribution in [-0.4, -0.2) is 24.4 Å². The van der Waals surface area contributed by atoms with Crippen LogP contribution >= 0.6 is 0 Å². The van der Waals surface area contributed by atoms with E-state index in [9.17, 15) is 0 Å². The number of hydrogen-bond donors (Lipinski definition) is 1. The molecule has 2 nitrogen and oxygen atoms in total. The number of aliphatic hydroxyl groups is 1. The summed E-state index contributed by atoms with van der Waals surface area (Å²) in [6.07, 6.45) is 0.0706. The van der Waals surface area contributed by atoms with Gasteiger partial charge in [-0.3, -0.25) is 0 Å². The van der Waals surface area contributed by atoms with Crippen LogP contribution in [-0.2, 0) is 4.74 Å². The molecule has 0 bridgehead atoms. The Hall–Kier alpha value is -0.0800. The molecule has 0 amide bonds. The van der Waals surface area contributed by atoms with E-state index in [4.69, 9.17) is 9.84 Å². The van der Waals surface area contributed by atoms with E-state index in [0.717, 1.165) is 6.61 Å². The molecule has 0 aliphatic carbocycles. The van der Waals surface area contributed by atoms with Gasteiger partial charge >= 0.3 is 0 Å². The first-order valence-corrected chi connectivity index (χ1v) is 4.39. The molecule has 1 saturated heterocycles. The predicted molar refractivity (Wildman–Crippen MR) is 44.3 cm³/mol. The molecule has 0 spiro atoms. The van der Waals surface area contributed by atoms with E-state index in [2.05, 4.69) is 20.8 Å². The Kier molecular flexibility index (Phi) is 2.90. The Morgan fingerprint density at radius 1 is 1.27 bits per heavy atom. The summed E-state index contributed by atoms with van der Waals surface area (Å²) >= 11 is 0. The first-order valence-electron chi connectivity index (χ1n) is 4.39. The van der Waals surface area contributed by atoms with Crippen molar-refractivity contribution in [1.29, 1.82) is 0 Å². The number of aliphatic hydroxyl groups excluding tert-OH is 1. The van der Waals surface area contributed by atoms with Crippen molar-refractivity contribution in [3.05, 3.63) is 0 Å². The van der Waals surface area contributed by atoms with Crippen LogP contribution in [0.25, 0.3) is 0 Å². The summed E-state index contributed by atoms with van der Waals surface area (Å²) in [4.78, 5) is 0. The standard InChI is InChI=1S/C9H18O2/c1-6-5-11-9(4-10)8(3)7(6)2/h6-10H,4-5H2,1-3H3. The molecule has 11 heavy (non-hydrogen) atoms. The zero-order chi connectivity index (χ0) is 8.43. The van der Waals surface area contributed by atoms with Crippen molar-refractivity contribution in [3.63, 3.8) is 0 Å². The quantitative estimate of drug-likeness (QED) is 0.623. The van der Waals surface area contributed by atoms with Gasteiger partial charge in [-0.1, -0.05) is 20.8 Å². The zero-order valence-electron chi connectivity index (χ0n) is 7.58. The second kappa shape index (κ2) is 3.55. The van der Waals surface area contributed by atoms with Crippen LogP contribution in [0.4, 0.5) is 0 Å². The molecule has 0 aromatic heterocycles. The number of hydrogen-bond acceptors (Lipinski definition) is 2. The summed E-state index contributed by atoms with van der Waals surface area (Å²) in [5.74, 6) is 1.79. The molecule has 1 rings (SSSR count). The van der Waals surface area contributed by atoms with Gasteiger partial charge in [0.25, 0.3) is 0 Å². The molecule has 0 aromatic carbocycles. The fourth-order valence-corrected chi connectivity index (χ4v) is 1.65.